The van der Waals surface area contributed by atoms with E-state index in [0.29, 0.717) is 0 Å². The maximum Gasteiger partial charge on any atom is 0.122 e. The molecule has 1 nitrogen and oxygen atoms in total. The van der Waals surface area contributed by atoms with Gasteiger partial charge in [-0.25, -0.2) is 0 Å². The van der Waals surface area contributed by atoms with Crippen molar-refractivity contribution in [1.29, 1.82) is 0 Å². The number of benzene rings is 1. The van der Waals surface area contributed by atoms with E-state index in [0.717, 1.165) is 12.2 Å². The number of methoxy groups -OCH3 is 1. The number of rotatable bonds is 3. The summed E-state index contributed by atoms with van der Waals surface area (Å²) < 4.78 is 5.23. The molecule has 0 atom stereocenters. The molecule has 0 heterocycles. The van der Waals surface area contributed by atoms with Crippen molar-refractivity contribution < 1.29 is 4.74 Å². The number of ether oxygens (including phenoxy) is 1. The van der Waals surface area contributed by atoms with Gasteiger partial charge in [0.1, 0.15) is 5.75 Å². The molecule has 0 N–H and O–H groups in total. The molecule has 1 heteroatoms. The van der Waals surface area contributed by atoms with Crippen LogP contribution in [0.1, 0.15) is 24.5 Å². The van der Waals surface area contributed by atoms with Gasteiger partial charge in [0, 0.05) is 0 Å². The van der Waals surface area contributed by atoms with Crippen molar-refractivity contribution in [3.05, 3.63) is 29.3 Å². The summed E-state index contributed by atoms with van der Waals surface area (Å²) >= 11 is 0. The van der Waals surface area contributed by atoms with Crippen LogP contribution in [0.5, 0.6) is 5.75 Å². The lowest BCUT2D eigenvalue weighted by Crippen LogP contribution is -1.92. The third-order valence-electron chi connectivity index (χ3n) is 2.14. The summed E-state index contributed by atoms with van der Waals surface area (Å²) in [5, 5.41) is 0. The quantitative estimate of drug-likeness (QED) is 0.667. The van der Waals surface area contributed by atoms with E-state index in [4.69, 9.17) is 4.74 Å². The zero-order valence-corrected chi connectivity index (χ0v) is 8.05. The zero-order valence-electron chi connectivity index (χ0n) is 8.05. The van der Waals surface area contributed by atoms with Crippen LogP contribution in [0.3, 0.4) is 0 Å². The Bertz CT molecular complexity index is 253. The predicted octanol–water partition coefficient (Wildman–Crippen LogP) is 2.96. The first-order valence-corrected chi connectivity index (χ1v) is 4.42. The van der Waals surface area contributed by atoms with Crippen LogP contribution in [-0.2, 0) is 6.42 Å². The molecule has 0 fully saturated rings. The molecule has 0 saturated heterocycles. The van der Waals surface area contributed by atoms with Crippen molar-refractivity contribution in [2.45, 2.75) is 26.7 Å². The number of hydrogen-bond acceptors (Lipinski definition) is 1. The second-order valence-electron chi connectivity index (χ2n) is 2.99. The molecule has 0 aromatic heterocycles. The molecular weight excluding hydrogens is 148 g/mol. The molecule has 0 bridgehead atoms. The van der Waals surface area contributed by atoms with Crippen LogP contribution < -0.4 is 4.74 Å². The summed E-state index contributed by atoms with van der Waals surface area (Å²) in [6, 6.07) is 6.23. The molecule has 0 aliphatic heterocycles. The summed E-state index contributed by atoms with van der Waals surface area (Å²) in [5.74, 6) is 1.00. The van der Waals surface area contributed by atoms with E-state index < -0.39 is 0 Å². The first kappa shape index (κ1) is 9.11. The van der Waals surface area contributed by atoms with E-state index >= 15 is 0 Å². The Morgan fingerprint density at radius 2 is 2.08 bits per heavy atom. The van der Waals surface area contributed by atoms with Gasteiger partial charge in [-0.1, -0.05) is 25.5 Å². The highest BCUT2D eigenvalue weighted by atomic mass is 16.5. The summed E-state index contributed by atoms with van der Waals surface area (Å²) in [6.45, 7) is 4.31. The Balaban J connectivity index is 2.97. The third-order valence-corrected chi connectivity index (χ3v) is 2.14. The lowest BCUT2D eigenvalue weighted by Gasteiger charge is -2.08. The van der Waals surface area contributed by atoms with E-state index in [1.165, 1.54) is 17.5 Å². The number of aryl methyl sites for hydroxylation is 1. The highest BCUT2D eigenvalue weighted by Gasteiger charge is 2.01. The predicted molar refractivity (Wildman–Crippen MR) is 51.7 cm³/mol. The highest BCUT2D eigenvalue weighted by Crippen LogP contribution is 2.21. The molecule has 12 heavy (non-hydrogen) atoms. The van der Waals surface area contributed by atoms with Crippen LogP contribution in [0.15, 0.2) is 18.2 Å². The van der Waals surface area contributed by atoms with Gasteiger partial charge in [0.25, 0.3) is 0 Å². The molecule has 0 unspecified atom stereocenters. The molecule has 1 aromatic rings. The topological polar surface area (TPSA) is 9.23 Å². The Morgan fingerprint density at radius 3 is 2.67 bits per heavy atom. The Labute approximate surface area is 74.4 Å². The van der Waals surface area contributed by atoms with Crippen molar-refractivity contribution >= 4 is 0 Å². The standard InChI is InChI=1S/C11H16O/c1-4-6-10-7-5-8-11(12-3)9(10)2/h5,7-8H,4,6H2,1-3H3. The molecule has 0 amide bonds. The lowest BCUT2D eigenvalue weighted by molar-refractivity contribution is 0.411. The average Bonchev–Trinajstić information content (AvgIpc) is 2.09. The second-order valence-corrected chi connectivity index (χ2v) is 2.99. The van der Waals surface area contributed by atoms with Crippen LogP contribution in [-0.4, -0.2) is 7.11 Å². The van der Waals surface area contributed by atoms with E-state index in [2.05, 4.69) is 26.0 Å². The normalized spacial score (nSPS) is 9.92. The molecule has 0 aliphatic rings. The van der Waals surface area contributed by atoms with Gasteiger partial charge < -0.3 is 4.74 Å². The van der Waals surface area contributed by atoms with Crippen LogP contribution in [0.25, 0.3) is 0 Å². The van der Waals surface area contributed by atoms with Crippen molar-refractivity contribution in [1.82, 2.24) is 0 Å². The molecule has 0 spiro atoms. The van der Waals surface area contributed by atoms with Gasteiger partial charge in [-0.15, -0.1) is 0 Å². The highest BCUT2D eigenvalue weighted by molar-refractivity contribution is 5.39. The van der Waals surface area contributed by atoms with E-state index in [9.17, 15) is 0 Å². The van der Waals surface area contributed by atoms with Crippen molar-refractivity contribution in [3.63, 3.8) is 0 Å². The van der Waals surface area contributed by atoms with Gasteiger partial charge in [-0.05, 0) is 30.5 Å². The molecular formula is C11H16O. The molecule has 1 rings (SSSR count). The van der Waals surface area contributed by atoms with E-state index in [1.54, 1.807) is 7.11 Å². The monoisotopic (exact) mass is 164 g/mol. The number of hydrogen-bond donors (Lipinski definition) is 0. The van der Waals surface area contributed by atoms with Crippen LogP contribution in [0.4, 0.5) is 0 Å². The fourth-order valence-electron chi connectivity index (χ4n) is 1.42. The summed E-state index contributed by atoms with van der Waals surface area (Å²) in [5.41, 5.74) is 2.68. The van der Waals surface area contributed by atoms with Crippen LogP contribution in [0.2, 0.25) is 0 Å². The third kappa shape index (κ3) is 1.79. The van der Waals surface area contributed by atoms with Gasteiger partial charge in [-0.3, -0.25) is 0 Å². The molecule has 0 saturated carbocycles. The van der Waals surface area contributed by atoms with Crippen molar-refractivity contribution in [2.75, 3.05) is 7.11 Å². The van der Waals surface area contributed by atoms with Gasteiger partial charge in [0.2, 0.25) is 0 Å². The maximum atomic E-state index is 5.23. The molecule has 0 radical (unpaired) electrons. The van der Waals surface area contributed by atoms with E-state index in [-0.39, 0.29) is 0 Å². The Kier molecular flexibility index (Phi) is 3.15. The van der Waals surface area contributed by atoms with E-state index in [1.807, 2.05) is 6.07 Å². The minimum absolute atomic E-state index is 1.00. The minimum Gasteiger partial charge on any atom is -0.496 e. The van der Waals surface area contributed by atoms with Gasteiger partial charge in [0.05, 0.1) is 7.11 Å². The zero-order chi connectivity index (χ0) is 8.97. The Hall–Kier alpha value is -0.980. The molecule has 66 valence electrons. The molecule has 0 aliphatic carbocycles. The Morgan fingerprint density at radius 1 is 1.33 bits per heavy atom. The van der Waals surface area contributed by atoms with Crippen molar-refractivity contribution in [3.8, 4) is 5.75 Å². The maximum absolute atomic E-state index is 5.23. The lowest BCUT2D eigenvalue weighted by atomic mass is 10.0. The summed E-state index contributed by atoms with van der Waals surface area (Å²) in [4.78, 5) is 0. The minimum atomic E-state index is 1.00. The second kappa shape index (κ2) is 4.15. The van der Waals surface area contributed by atoms with Gasteiger partial charge in [-0.2, -0.15) is 0 Å². The first-order valence-electron chi connectivity index (χ1n) is 4.42. The van der Waals surface area contributed by atoms with Crippen molar-refractivity contribution in [2.24, 2.45) is 0 Å². The fraction of sp³-hybridized carbons (Fsp3) is 0.455. The SMILES string of the molecule is CCCc1cccc(OC)c1C. The van der Waals surface area contributed by atoms with Crippen LogP contribution in [0, 0.1) is 6.92 Å². The molecule has 1 aromatic carbocycles. The average molecular weight is 164 g/mol. The van der Waals surface area contributed by atoms with Crippen LogP contribution >= 0.6 is 0 Å². The fourth-order valence-corrected chi connectivity index (χ4v) is 1.42. The summed E-state index contributed by atoms with van der Waals surface area (Å²) in [6.07, 6.45) is 2.33. The smallest absolute Gasteiger partial charge is 0.122 e. The van der Waals surface area contributed by atoms with Gasteiger partial charge in [0.15, 0.2) is 0 Å². The largest absolute Gasteiger partial charge is 0.496 e. The first-order chi connectivity index (χ1) is 5.79. The van der Waals surface area contributed by atoms with Gasteiger partial charge >= 0.3 is 0 Å². The summed E-state index contributed by atoms with van der Waals surface area (Å²) in [7, 11) is 1.72.